The molecule has 1 aliphatic heterocycles. The van der Waals surface area contributed by atoms with Crippen molar-refractivity contribution in [3.05, 3.63) is 41.2 Å². The molecule has 4 nitrogen and oxygen atoms in total. The first-order valence-corrected chi connectivity index (χ1v) is 8.92. The summed E-state index contributed by atoms with van der Waals surface area (Å²) in [5, 5.41) is 2.68. The van der Waals surface area contributed by atoms with Crippen LogP contribution in [0, 0.1) is 18.7 Å². The first-order chi connectivity index (χ1) is 11.9. The maximum Gasteiger partial charge on any atom is 0.244 e. The molecule has 0 aliphatic carbocycles. The highest BCUT2D eigenvalue weighted by atomic mass is 19.1. The molecule has 0 unspecified atom stereocenters. The smallest absolute Gasteiger partial charge is 0.244 e. The number of benzene rings is 1. The van der Waals surface area contributed by atoms with Gasteiger partial charge in [-0.2, -0.15) is 0 Å². The Hall–Kier alpha value is -2.17. The molecule has 25 heavy (non-hydrogen) atoms. The molecule has 1 aromatic carbocycles. The number of hydrogen-bond donors (Lipinski definition) is 1. The Kier molecular flexibility index (Phi) is 6.73. The lowest BCUT2D eigenvalue weighted by molar-refractivity contribution is -0.132. The summed E-state index contributed by atoms with van der Waals surface area (Å²) in [5.74, 6) is -0.488. The van der Waals surface area contributed by atoms with E-state index in [4.69, 9.17) is 0 Å². The zero-order valence-corrected chi connectivity index (χ0v) is 15.3. The molecule has 1 N–H and O–H groups in total. The van der Waals surface area contributed by atoms with Crippen LogP contribution in [0.4, 0.5) is 4.39 Å². The van der Waals surface area contributed by atoms with Crippen LogP contribution in [0.15, 0.2) is 24.3 Å². The van der Waals surface area contributed by atoms with Crippen LogP contribution in [-0.2, 0) is 9.59 Å². The third-order valence-electron chi connectivity index (χ3n) is 4.52. The van der Waals surface area contributed by atoms with Crippen LogP contribution in [0.5, 0.6) is 0 Å². The van der Waals surface area contributed by atoms with Gasteiger partial charge in [-0.05, 0) is 60.9 Å². The number of aryl methyl sites for hydroxylation is 1. The number of halogens is 1. The van der Waals surface area contributed by atoms with E-state index < -0.39 is 0 Å². The number of piperidine rings is 1. The molecule has 5 heteroatoms. The molecular weight excluding hydrogens is 319 g/mol. The summed E-state index contributed by atoms with van der Waals surface area (Å²) in [6.07, 6.45) is 4.73. The molecule has 1 aliphatic rings. The van der Waals surface area contributed by atoms with Gasteiger partial charge in [0, 0.05) is 19.2 Å². The number of rotatable bonds is 5. The number of nitrogens with zero attached hydrogens (tertiary/aromatic N) is 1. The second-order valence-electron chi connectivity index (χ2n) is 6.88. The van der Waals surface area contributed by atoms with Crippen molar-refractivity contribution in [3.8, 4) is 0 Å². The van der Waals surface area contributed by atoms with Gasteiger partial charge in [0.2, 0.25) is 11.8 Å². The molecular formula is C20H27FN2O2. The summed E-state index contributed by atoms with van der Waals surface area (Å²) >= 11 is 0. The highest BCUT2D eigenvalue weighted by Crippen LogP contribution is 2.24. The van der Waals surface area contributed by atoms with Crippen LogP contribution in [-0.4, -0.2) is 36.3 Å². The fraction of sp³-hybridized carbons (Fsp3) is 0.500. The number of allylic oxidation sites excluding steroid dienone is 1. The number of carbonyl (C=O) groups is 2. The Morgan fingerprint density at radius 3 is 2.52 bits per heavy atom. The van der Waals surface area contributed by atoms with Crippen molar-refractivity contribution < 1.29 is 14.0 Å². The number of carbonyl (C=O) groups excluding carboxylic acids is 2. The second-order valence-corrected chi connectivity index (χ2v) is 6.88. The fourth-order valence-corrected chi connectivity index (χ4v) is 3.02. The minimum Gasteiger partial charge on any atom is -0.343 e. The van der Waals surface area contributed by atoms with Gasteiger partial charge in [0.05, 0.1) is 6.54 Å². The van der Waals surface area contributed by atoms with E-state index in [-0.39, 0.29) is 30.1 Å². The SMILES string of the molecule is Cc1cc(/C(=C/C(=O)NCC(=O)N2CCCCC2)C(C)C)ccc1F. The Morgan fingerprint density at radius 2 is 1.92 bits per heavy atom. The van der Waals surface area contributed by atoms with Crippen LogP contribution < -0.4 is 5.32 Å². The quantitative estimate of drug-likeness (QED) is 0.832. The maximum absolute atomic E-state index is 13.5. The lowest BCUT2D eigenvalue weighted by Gasteiger charge is -2.26. The Morgan fingerprint density at radius 1 is 1.24 bits per heavy atom. The van der Waals surface area contributed by atoms with Gasteiger partial charge in [-0.3, -0.25) is 9.59 Å². The highest BCUT2D eigenvalue weighted by molar-refractivity contribution is 5.97. The maximum atomic E-state index is 13.5. The molecule has 1 heterocycles. The van der Waals surface area contributed by atoms with Crippen molar-refractivity contribution in [2.45, 2.75) is 40.0 Å². The molecule has 1 saturated heterocycles. The van der Waals surface area contributed by atoms with Gasteiger partial charge >= 0.3 is 0 Å². The fourth-order valence-electron chi connectivity index (χ4n) is 3.02. The van der Waals surface area contributed by atoms with Crippen molar-refractivity contribution in [3.63, 3.8) is 0 Å². The molecule has 0 saturated carbocycles. The number of nitrogens with one attached hydrogen (secondary N) is 1. The van der Waals surface area contributed by atoms with E-state index in [1.807, 2.05) is 13.8 Å². The minimum atomic E-state index is -0.295. The molecule has 1 aromatic rings. The minimum absolute atomic E-state index is 0.0170. The predicted molar refractivity (Wildman–Crippen MR) is 97.4 cm³/mol. The molecule has 1 fully saturated rings. The van der Waals surface area contributed by atoms with Crippen molar-refractivity contribution in [2.75, 3.05) is 19.6 Å². The normalized spacial score (nSPS) is 15.4. The van der Waals surface area contributed by atoms with Crippen molar-refractivity contribution in [1.29, 1.82) is 0 Å². The van der Waals surface area contributed by atoms with Crippen molar-refractivity contribution >= 4 is 17.4 Å². The predicted octanol–water partition coefficient (Wildman–Crippen LogP) is 3.30. The summed E-state index contributed by atoms with van der Waals surface area (Å²) in [4.78, 5) is 26.2. The lowest BCUT2D eigenvalue weighted by Crippen LogP contribution is -2.42. The van der Waals surface area contributed by atoms with E-state index in [0.717, 1.165) is 43.5 Å². The van der Waals surface area contributed by atoms with Gasteiger partial charge in [-0.15, -0.1) is 0 Å². The van der Waals surface area contributed by atoms with E-state index >= 15 is 0 Å². The van der Waals surface area contributed by atoms with Gasteiger partial charge in [0.15, 0.2) is 0 Å². The zero-order valence-electron chi connectivity index (χ0n) is 15.3. The molecule has 0 bridgehead atoms. The first kappa shape index (κ1) is 19.2. The van der Waals surface area contributed by atoms with E-state index in [2.05, 4.69) is 5.32 Å². The second kappa shape index (κ2) is 8.79. The van der Waals surface area contributed by atoms with Gasteiger partial charge in [0.25, 0.3) is 0 Å². The van der Waals surface area contributed by atoms with Gasteiger partial charge in [0.1, 0.15) is 5.82 Å². The number of hydrogen-bond acceptors (Lipinski definition) is 2. The van der Waals surface area contributed by atoms with Crippen LogP contribution in [0.3, 0.4) is 0 Å². The summed E-state index contributed by atoms with van der Waals surface area (Å²) in [5.41, 5.74) is 2.20. The van der Waals surface area contributed by atoms with Gasteiger partial charge in [-0.1, -0.05) is 19.9 Å². The van der Waals surface area contributed by atoms with Crippen molar-refractivity contribution in [2.24, 2.45) is 5.92 Å². The lowest BCUT2D eigenvalue weighted by atomic mass is 9.93. The molecule has 2 rings (SSSR count). The third kappa shape index (κ3) is 5.41. The standard InChI is InChI=1S/C20H27FN2O2/c1-14(2)17(16-7-8-18(21)15(3)11-16)12-19(24)22-13-20(25)23-9-5-4-6-10-23/h7-8,11-12,14H,4-6,9-10,13H2,1-3H3,(H,22,24)/b17-12+. The summed E-state index contributed by atoms with van der Waals surface area (Å²) in [6, 6.07) is 4.84. The van der Waals surface area contributed by atoms with Crippen molar-refractivity contribution in [1.82, 2.24) is 10.2 Å². The number of likely N-dealkylation sites (tertiary alicyclic amines) is 1. The molecule has 0 aromatic heterocycles. The molecule has 0 atom stereocenters. The summed E-state index contributed by atoms with van der Waals surface area (Å²) in [7, 11) is 0. The van der Waals surface area contributed by atoms with E-state index in [1.165, 1.54) is 12.1 Å². The van der Waals surface area contributed by atoms with Crippen LogP contribution in [0.2, 0.25) is 0 Å². The summed E-state index contributed by atoms with van der Waals surface area (Å²) < 4.78 is 13.5. The van der Waals surface area contributed by atoms with Gasteiger partial charge in [-0.25, -0.2) is 4.39 Å². The summed E-state index contributed by atoms with van der Waals surface area (Å²) in [6.45, 7) is 7.23. The average molecular weight is 346 g/mol. The Bertz CT molecular complexity index is 662. The molecule has 2 amide bonds. The Balaban J connectivity index is 2.02. The van der Waals surface area contributed by atoms with Crippen LogP contribution in [0.25, 0.3) is 5.57 Å². The molecule has 0 spiro atoms. The molecule has 136 valence electrons. The van der Waals surface area contributed by atoms with Crippen LogP contribution in [0.1, 0.15) is 44.2 Å². The van der Waals surface area contributed by atoms with Gasteiger partial charge < -0.3 is 10.2 Å². The van der Waals surface area contributed by atoms with E-state index in [0.29, 0.717) is 5.56 Å². The topological polar surface area (TPSA) is 49.4 Å². The zero-order chi connectivity index (χ0) is 18.4. The molecule has 0 radical (unpaired) electrons. The van der Waals surface area contributed by atoms with E-state index in [1.54, 1.807) is 24.0 Å². The highest BCUT2D eigenvalue weighted by Gasteiger charge is 2.17. The Labute approximate surface area is 149 Å². The largest absolute Gasteiger partial charge is 0.343 e. The third-order valence-corrected chi connectivity index (χ3v) is 4.52. The average Bonchev–Trinajstić information content (AvgIpc) is 2.60. The first-order valence-electron chi connectivity index (χ1n) is 8.92. The van der Waals surface area contributed by atoms with E-state index in [9.17, 15) is 14.0 Å². The number of amides is 2. The monoisotopic (exact) mass is 346 g/mol. The van der Waals surface area contributed by atoms with Crippen LogP contribution >= 0.6 is 0 Å².